The molecule has 1 atom stereocenters. The van der Waals surface area contributed by atoms with E-state index in [2.05, 4.69) is 0 Å². The van der Waals surface area contributed by atoms with Gasteiger partial charge in [-0.2, -0.15) is 0 Å². The molecule has 1 unspecified atom stereocenters. The van der Waals surface area contributed by atoms with Crippen molar-refractivity contribution in [1.29, 1.82) is 0 Å². The van der Waals surface area contributed by atoms with Crippen LogP contribution in [0.3, 0.4) is 0 Å². The van der Waals surface area contributed by atoms with Gasteiger partial charge in [-0.15, -0.1) is 0 Å². The minimum Gasteiger partial charge on any atom is -0.250 e. The molecular formula is C10H12ClF. The molecule has 0 saturated heterocycles. The number of alkyl halides is 1. The maximum Gasteiger partial charge on any atom is 0.0960 e. The highest BCUT2D eigenvalue weighted by Crippen LogP contribution is 2.27. The lowest BCUT2D eigenvalue weighted by Crippen LogP contribution is -1.97. The summed E-state index contributed by atoms with van der Waals surface area (Å²) in [6.07, 6.45) is 0. The Kier molecular flexibility index (Phi) is 3.10. The van der Waals surface area contributed by atoms with Gasteiger partial charge >= 0.3 is 0 Å². The summed E-state index contributed by atoms with van der Waals surface area (Å²) in [6, 6.07) is 5.71. The third kappa shape index (κ3) is 1.78. The Hall–Kier alpha value is -0.560. The monoisotopic (exact) mass is 186 g/mol. The fraction of sp³-hybridized carbons (Fsp3) is 0.400. The average Bonchev–Trinajstić information content (AvgIpc) is 2.08. The number of aryl methyl sites for hydroxylation is 1. The molecule has 0 bridgehead atoms. The van der Waals surface area contributed by atoms with Crippen molar-refractivity contribution >= 4 is 11.6 Å². The molecule has 0 aromatic heterocycles. The first kappa shape index (κ1) is 9.53. The first-order valence-electron chi connectivity index (χ1n) is 3.97. The van der Waals surface area contributed by atoms with Crippen molar-refractivity contribution in [1.82, 2.24) is 0 Å². The molecule has 0 aliphatic rings. The maximum absolute atomic E-state index is 12.3. The zero-order valence-corrected chi connectivity index (χ0v) is 8.03. The molecule has 1 rings (SSSR count). The third-order valence-electron chi connectivity index (χ3n) is 1.98. The molecule has 0 spiro atoms. The van der Waals surface area contributed by atoms with Crippen molar-refractivity contribution in [3.8, 4) is 0 Å². The van der Waals surface area contributed by atoms with Gasteiger partial charge in [0, 0.05) is 10.9 Å². The minimum absolute atomic E-state index is 0.0996. The predicted molar refractivity (Wildman–Crippen MR) is 50.6 cm³/mol. The Morgan fingerprint density at radius 2 is 2.17 bits per heavy atom. The van der Waals surface area contributed by atoms with E-state index in [0.29, 0.717) is 5.02 Å². The van der Waals surface area contributed by atoms with Gasteiger partial charge in [0.05, 0.1) is 6.67 Å². The Balaban J connectivity index is 3.07. The first-order chi connectivity index (χ1) is 5.66. The van der Waals surface area contributed by atoms with Crippen molar-refractivity contribution in [3.05, 3.63) is 34.3 Å². The highest BCUT2D eigenvalue weighted by Gasteiger charge is 2.09. The van der Waals surface area contributed by atoms with Crippen LogP contribution in [-0.2, 0) is 0 Å². The van der Waals surface area contributed by atoms with Crippen molar-refractivity contribution in [2.75, 3.05) is 6.67 Å². The van der Waals surface area contributed by atoms with E-state index in [1.54, 1.807) is 0 Å². The molecule has 0 nitrogen and oxygen atoms in total. The molecule has 0 amide bonds. The molecule has 0 aliphatic carbocycles. The highest BCUT2D eigenvalue weighted by atomic mass is 35.5. The van der Waals surface area contributed by atoms with Gasteiger partial charge in [-0.1, -0.05) is 36.7 Å². The zero-order chi connectivity index (χ0) is 9.14. The normalized spacial score (nSPS) is 13.0. The van der Waals surface area contributed by atoms with Crippen LogP contribution >= 0.6 is 11.6 Å². The summed E-state index contributed by atoms with van der Waals surface area (Å²) >= 11 is 6.00. The van der Waals surface area contributed by atoms with Gasteiger partial charge in [0.2, 0.25) is 0 Å². The standard InChI is InChI=1S/C10H12ClF/c1-7-4-3-5-9(10(7)11)8(2)6-12/h3-5,8H,6H2,1-2H3. The molecular weight excluding hydrogens is 175 g/mol. The molecule has 12 heavy (non-hydrogen) atoms. The van der Waals surface area contributed by atoms with E-state index < -0.39 is 0 Å². The van der Waals surface area contributed by atoms with Crippen LogP contribution in [0.2, 0.25) is 5.02 Å². The van der Waals surface area contributed by atoms with Crippen molar-refractivity contribution < 1.29 is 4.39 Å². The van der Waals surface area contributed by atoms with Crippen LogP contribution in [0.1, 0.15) is 24.0 Å². The molecule has 2 heteroatoms. The van der Waals surface area contributed by atoms with Crippen molar-refractivity contribution in [2.45, 2.75) is 19.8 Å². The van der Waals surface area contributed by atoms with Crippen molar-refractivity contribution in [3.63, 3.8) is 0 Å². The second-order valence-electron chi connectivity index (χ2n) is 3.03. The van der Waals surface area contributed by atoms with E-state index in [9.17, 15) is 4.39 Å². The molecule has 0 saturated carbocycles. The van der Waals surface area contributed by atoms with E-state index in [0.717, 1.165) is 11.1 Å². The van der Waals surface area contributed by atoms with Crippen LogP contribution in [-0.4, -0.2) is 6.67 Å². The molecule has 1 aromatic carbocycles. The summed E-state index contributed by atoms with van der Waals surface area (Å²) in [5.74, 6) is -0.0996. The third-order valence-corrected chi connectivity index (χ3v) is 2.50. The van der Waals surface area contributed by atoms with Gasteiger partial charge in [-0.3, -0.25) is 4.39 Å². The lowest BCUT2D eigenvalue weighted by molar-refractivity contribution is 0.447. The van der Waals surface area contributed by atoms with Crippen LogP contribution in [0.5, 0.6) is 0 Å². The Morgan fingerprint density at radius 3 is 2.75 bits per heavy atom. The molecule has 1 aromatic rings. The lowest BCUT2D eigenvalue weighted by Gasteiger charge is -2.10. The minimum atomic E-state index is -0.358. The van der Waals surface area contributed by atoms with E-state index in [1.807, 2.05) is 32.0 Å². The lowest BCUT2D eigenvalue weighted by atomic mass is 10.0. The van der Waals surface area contributed by atoms with Gasteiger partial charge in [0.15, 0.2) is 0 Å². The maximum atomic E-state index is 12.3. The summed E-state index contributed by atoms with van der Waals surface area (Å²) < 4.78 is 12.3. The number of halogens is 2. The van der Waals surface area contributed by atoms with Crippen LogP contribution < -0.4 is 0 Å². The van der Waals surface area contributed by atoms with Gasteiger partial charge in [0.1, 0.15) is 0 Å². The van der Waals surface area contributed by atoms with Crippen LogP contribution in [0.15, 0.2) is 18.2 Å². The van der Waals surface area contributed by atoms with E-state index >= 15 is 0 Å². The summed E-state index contributed by atoms with van der Waals surface area (Å²) in [6.45, 7) is 3.40. The second kappa shape index (κ2) is 3.90. The smallest absolute Gasteiger partial charge is 0.0960 e. The molecule has 0 radical (unpaired) electrons. The predicted octanol–water partition coefficient (Wildman–Crippen LogP) is 3.72. The van der Waals surface area contributed by atoms with Gasteiger partial charge in [-0.25, -0.2) is 0 Å². The largest absolute Gasteiger partial charge is 0.250 e. The molecule has 66 valence electrons. The SMILES string of the molecule is Cc1cccc(C(C)CF)c1Cl. The van der Waals surface area contributed by atoms with E-state index in [4.69, 9.17) is 11.6 Å². The molecule has 0 aliphatic heterocycles. The number of benzene rings is 1. The number of hydrogen-bond donors (Lipinski definition) is 0. The second-order valence-corrected chi connectivity index (χ2v) is 3.41. The van der Waals surface area contributed by atoms with E-state index in [1.165, 1.54) is 0 Å². The van der Waals surface area contributed by atoms with Crippen molar-refractivity contribution in [2.24, 2.45) is 0 Å². The molecule has 0 heterocycles. The topological polar surface area (TPSA) is 0 Å². The molecule has 0 N–H and O–H groups in total. The Morgan fingerprint density at radius 1 is 1.50 bits per heavy atom. The first-order valence-corrected chi connectivity index (χ1v) is 4.35. The summed E-state index contributed by atoms with van der Waals surface area (Å²) in [5.41, 5.74) is 1.91. The van der Waals surface area contributed by atoms with Crippen LogP contribution in [0.4, 0.5) is 4.39 Å². The zero-order valence-electron chi connectivity index (χ0n) is 7.27. The number of rotatable bonds is 2. The number of hydrogen-bond acceptors (Lipinski definition) is 0. The average molecular weight is 187 g/mol. The fourth-order valence-electron chi connectivity index (χ4n) is 1.13. The molecule has 0 fully saturated rings. The van der Waals surface area contributed by atoms with Crippen LogP contribution in [0.25, 0.3) is 0 Å². The Labute approximate surface area is 77.4 Å². The van der Waals surface area contributed by atoms with Gasteiger partial charge < -0.3 is 0 Å². The highest BCUT2D eigenvalue weighted by molar-refractivity contribution is 6.32. The van der Waals surface area contributed by atoms with Gasteiger partial charge in [-0.05, 0) is 18.1 Å². The Bertz CT molecular complexity index is 271. The summed E-state index contributed by atoms with van der Waals surface area (Å²) in [7, 11) is 0. The van der Waals surface area contributed by atoms with Gasteiger partial charge in [0.25, 0.3) is 0 Å². The van der Waals surface area contributed by atoms with Crippen LogP contribution in [0, 0.1) is 6.92 Å². The quantitative estimate of drug-likeness (QED) is 0.661. The summed E-state index contributed by atoms with van der Waals surface area (Å²) in [5, 5.41) is 0.697. The van der Waals surface area contributed by atoms with E-state index in [-0.39, 0.29) is 12.6 Å². The summed E-state index contributed by atoms with van der Waals surface area (Å²) in [4.78, 5) is 0. The fourth-order valence-corrected chi connectivity index (χ4v) is 1.45.